The summed E-state index contributed by atoms with van der Waals surface area (Å²) in [5.74, 6) is -2.36. The molecule has 3 N–H and O–H groups in total. The lowest BCUT2D eigenvalue weighted by molar-refractivity contribution is -0.121. The van der Waals surface area contributed by atoms with E-state index < -0.39 is 17.8 Å². The van der Waals surface area contributed by atoms with Crippen LogP contribution in [0.5, 0.6) is 0 Å². The standard InChI is InChI=1S/C12H16FN3O3/c1-3-4-14-11(17)7(2)16-10-9(12(18)19)5-8(13)6-15-10/h5-7H,3-4H2,1-2H3,(H,14,17)(H,15,16)(H,18,19). The molecule has 6 nitrogen and oxygen atoms in total. The number of hydrogen-bond acceptors (Lipinski definition) is 4. The number of aromatic carboxylic acids is 1. The van der Waals surface area contributed by atoms with E-state index in [1.807, 2.05) is 6.92 Å². The molecular weight excluding hydrogens is 253 g/mol. The van der Waals surface area contributed by atoms with Crippen LogP contribution in [0.2, 0.25) is 0 Å². The van der Waals surface area contributed by atoms with Crippen molar-refractivity contribution in [3.8, 4) is 0 Å². The lowest BCUT2D eigenvalue weighted by Gasteiger charge is -2.15. The molecule has 1 heterocycles. The van der Waals surface area contributed by atoms with E-state index in [0.717, 1.165) is 18.7 Å². The Hall–Kier alpha value is -2.18. The predicted octanol–water partition coefficient (Wildman–Crippen LogP) is 1.25. The lowest BCUT2D eigenvalue weighted by Crippen LogP contribution is -2.38. The molecule has 1 rings (SSSR count). The van der Waals surface area contributed by atoms with Crippen LogP contribution in [0.1, 0.15) is 30.6 Å². The maximum absolute atomic E-state index is 12.9. The Morgan fingerprint density at radius 2 is 2.21 bits per heavy atom. The Morgan fingerprint density at radius 1 is 1.53 bits per heavy atom. The lowest BCUT2D eigenvalue weighted by atomic mass is 10.2. The van der Waals surface area contributed by atoms with E-state index in [4.69, 9.17) is 5.11 Å². The number of nitrogens with one attached hydrogen (secondary N) is 2. The number of carboxylic acid groups (broad SMARTS) is 1. The molecule has 0 aliphatic carbocycles. The molecule has 19 heavy (non-hydrogen) atoms. The molecule has 1 amide bonds. The van der Waals surface area contributed by atoms with Gasteiger partial charge in [0.2, 0.25) is 5.91 Å². The minimum atomic E-state index is -1.31. The first kappa shape index (κ1) is 14.9. The van der Waals surface area contributed by atoms with Crippen molar-refractivity contribution >= 4 is 17.7 Å². The van der Waals surface area contributed by atoms with Crippen LogP contribution in [-0.2, 0) is 4.79 Å². The number of anilines is 1. The SMILES string of the molecule is CCCNC(=O)C(C)Nc1ncc(F)cc1C(=O)O. The van der Waals surface area contributed by atoms with E-state index in [0.29, 0.717) is 6.54 Å². The Kier molecular flexibility index (Phi) is 5.23. The molecule has 0 fully saturated rings. The normalized spacial score (nSPS) is 11.7. The fourth-order valence-corrected chi connectivity index (χ4v) is 1.39. The van der Waals surface area contributed by atoms with E-state index in [-0.39, 0.29) is 17.3 Å². The van der Waals surface area contributed by atoms with Gasteiger partial charge in [0.1, 0.15) is 23.2 Å². The third kappa shape index (κ3) is 4.20. The number of nitrogens with zero attached hydrogens (tertiary/aromatic N) is 1. The highest BCUT2D eigenvalue weighted by Gasteiger charge is 2.18. The van der Waals surface area contributed by atoms with Gasteiger partial charge in [0.05, 0.1) is 6.20 Å². The summed E-state index contributed by atoms with van der Waals surface area (Å²) in [5, 5.41) is 14.3. The molecule has 7 heteroatoms. The number of pyridine rings is 1. The van der Waals surface area contributed by atoms with E-state index in [1.54, 1.807) is 6.92 Å². The van der Waals surface area contributed by atoms with Crippen LogP contribution in [0.4, 0.5) is 10.2 Å². The van der Waals surface area contributed by atoms with Crippen LogP contribution in [0.15, 0.2) is 12.3 Å². The van der Waals surface area contributed by atoms with Gasteiger partial charge in [0, 0.05) is 6.54 Å². The molecular formula is C12H16FN3O3. The minimum absolute atomic E-state index is 0.0342. The number of rotatable bonds is 6. The summed E-state index contributed by atoms with van der Waals surface area (Å²) in [7, 11) is 0. The summed E-state index contributed by atoms with van der Waals surface area (Å²) in [6, 6.07) is 0.191. The van der Waals surface area contributed by atoms with Gasteiger partial charge in [-0.15, -0.1) is 0 Å². The zero-order chi connectivity index (χ0) is 14.4. The van der Waals surface area contributed by atoms with Crippen LogP contribution in [0.3, 0.4) is 0 Å². The molecule has 104 valence electrons. The van der Waals surface area contributed by atoms with Crippen molar-refractivity contribution in [1.82, 2.24) is 10.3 Å². The van der Waals surface area contributed by atoms with E-state index in [1.165, 1.54) is 0 Å². The molecule has 1 aromatic rings. The summed E-state index contributed by atoms with van der Waals surface area (Å²) < 4.78 is 12.9. The summed E-state index contributed by atoms with van der Waals surface area (Å²) in [5.41, 5.74) is -0.310. The van der Waals surface area contributed by atoms with Gasteiger partial charge in [-0.3, -0.25) is 4.79 Å². The molecule has 0 spiro atoms. The third-order valence-corrected chi connectivity index (χ3v) is 2.38. The predicted molar refractivity (Wildman–Crippen MR) is 67.5 cm³/mol. The second kappa shape index (κ2) is 6.67. The zero-order valence-corrected chi connectivity index (χ0v) is 10.7. The number of amides is 1. The van der Waals surface area contributed by atoms with Crippen molar-refractivity contribution < 1.29 is 19.1 Å². The highest BCUT2D eigenvalue weighted by molar-refractivity contribution is 5.94. The first-order chi connectivity index (χ1) is 8.95. The Bertz CT molecular complexity index is 479. The van der Waals surface area contributed by atoms with Gasteiger partial charge in [0.15, 0.2) is 0 Å². The second-order valence-corrected chi connectivity index (χ2v) is 4.01. The smallest absolute Gasteiger partial charge is 0.339 e. The number of hydrogen-bond donors (Lipinski definition) is 3. The van der Waals surface area contributed by atoms with Crippen LogP contribution >= 0.6 is 0 Å². The van der Waals surface area contributed by atoms with E-state index >= 15 is 0 Å². The number of carboxylic acids is 1. The van der Waals surface area contributed by atoms with E-state index in [9.17, 15) is 14.0 Å². The monoisotopic (exact) mass is 269 g/mol. The van der Waals surface area contributed by atoms with Crippen molar-refractivity contribution in [3.05, 3.63) is 23.6 Å². The van der Waals surface area contributed by atoms with Gasteiger partial charge < -0.3 is 15.7 Å². The minimum Gasteiger partial charge on any atom is -0.478 e. The van der Waals surface area contributed by atoms with Crippen molar-refractivity contribution in [2.24, 2.45) is 0 Å². The van der Waals surface area contributed by atoms with Gasteiger partial charge in [-0.05, 0) is 19.4 Å². The summed E-state index contributed by atoms with van der Waals surface area (Å²) in [6.45, 7) is 4.03. The number of aromatic nitrogens is 1. The fourth-order valence-electron chi connectivity index (χ4n) is 1.39. The molecule has 1 aromatic heterocycles. The average Bonchev–Trinajstić information content (AvgIpc) is 2.37. The maximum atomic E-state index is 12.9. The Balaban J connectivity index is 2.81. The average molecular weight is 269 g/mol. The van der Waals surface area contributed by atoms with Crippen LogP contribution < -0.4 is 10.6 Å². The molecule has 0 aliphatic rings. The summed E-state index contributed by atoms with van der Waals surface area (Å²) >= 11 is 0. The van der Waals surface area contributed by atoms with Gasteiger partial charge in [-0.2, -0.15) is 0 Å². The first-order valence-electron chi connectivity index (χ1n) is 5.88. The van der Waals surface area contributed by atoms with Gasteiger partial charge >= 0.3 is 5.97 Å². The maximum Gasteiger partial charge on any atom is 0.339 e. The summed E-state index contributed by atoms with van der Waals surface area (Å²) in [6.07, 6.45) is 1.69. The molecule has 0 saturated heterocycles. The second-order valence-electron chi connectivity index (χ2n) is 4.01. The van der Waals surface area contributed by atoms with Gasteiger partial charge in [-0.25, -0.2) is 14.2 Å². The molecule has 0 radical (unpaired) electrons. The van der Waals surface area contributed by atoms with Gasteiger partial charge in [0.25, 0.3) is 0 Å². The molecule has 0 bridgehead atoms. The van der Waals surface area contributed by atoms with Crippen LogP contribution in [0.25, 0.3) is 0 Å². The Morgan fingerprint density at radius 3 is 2.79 bits per heavy atom. The summed E-state index contributed by atoms with van der Waals surface area (Å²) in [4.78, 5) is 26.2. The highest BCUT2D eigenvalue weighted by Crippen LogP contribution is 2.14. The largest absolute Gasteiger partial charge is 0.478 e. The molecule has 1 unspecified atom stereocenters. The van der Waals surface area contributed by atoms with Crippen LogP contribution in [0, 0.1) is 5.82 Å². The Labute approximate surface area is 110 Å². The van der Waals surface area contributed by atoms with Crippen LogP contribution in [-0.4, -0.2) is 34.6 Å². The topological polar surface area (TPSA) is 91.3 Å². The number of carbonyl (C=O) groups is 2. The fraction of sp³-hybridized carbons (Fsp3) is 0.417. The number of halogens is 1. The quantitative estimate of drug-likeness (QED) is 0.723. The molecule has 1 atom stereocenters. The van der Waals surface area contributed by atoms with Crippen molar-refractivity contribution in [1.29, 1.82) is 0 Å². The highest BCUT2D eigenvalue weighted by atomic mass is 19.1. The first-order valence-corrected chi connectivity index (χ1v) is 5.88. The molecule has 0 aliphatic heterocycles. The molecule has 0 saturated carbocycles. The third-order valence-electron chi connectivity index (χ3n) is 2.38. The zero-order valence-electron chi connectivity index (χ0n) is 10.7. The molecule has 0 aromatic carbocycles. The van der Waals surface area contributed by atoms with Crippen molar-refractivity contribution in [3.63, 3.8) is 0 Å². The van der Waals surface area contributed by atoms with E-state index in [2.05, 4.69) is 15.6 Å². The number of carbonyl (C=O) groups excluding carboxylic acids is 1. The van der Waals surface area contributed by atoms with Crippen molar-refractivity contribution in [2.45, 2.75) is 26.3 Å². The van der Waals surface area contributed by atoms with Crippen molar-refractivity contribution in [2.75, 3.05) is 11.9 Å². The van der Waals surface area contributed by atoms with Gasteiger partial charge in [-0.1, -0.05) is 6.92 Å².